The van der Waals surface area contributed by atoms with Gasteiger partial charge in [-0.1, -0.05) is 28.1 Å². The van der Waals surface area contributed by atoms with E-state index >= 15 is 0 Å². The smallest absolute Gasteiger partial charge is 0.227 e. The lowest BCUT2D eigenvalue weighted by atomic mass is 10.1. The Morgan fingerprint density at radius 1 is 1.33 bits per heavy atom. The Labute approximate surface area is 98.2 Å². The summed E-state index contributed by atoms with van der Waals surface area (Å²) in [6, 6.07) is 8.06. The summed E-state index contributed by atoms with van der Waals surface area (Å²) in [7, 11) is 0. The Kier molecular flexibility index (Phi) is 3.41. The van der Waals surface area contributed by atoms with Crippen LogP contribution in [0.3, 0.4) is 0 Å². The summed E-state index contributed by atoms with van der Waals surface area (Å²) in [6.07, 6.45) is 3.12. The molecule has 0 atom stereocenters. The van der Waals surface area contributed by atoms with E-state index in [4.69, 9.17) is 0 Å². The number of anilines is 1. The first-order chi connectivity index (χ1) is 7.29. The number of carbonyl (C=O) groups is 1. The minimum atomic E-state index is 0.170. The van der Waals surface area contributed by atoms with Crippen molar-refractivity contribution in [3.05, 3.63) is 29.8 Å². The predicted molar refractivity (Wildman–Crippen MR) is 65.3 cm³/mol. The number of amides is 1. The molecule has 0 radical (unpaired) electrons. The van der Waals surface area contributed by atoms with Crippen LogP contribution in [0.1, 0.15) is 18.4 Å². The largest absolute Gasteiger partial charge is 0.326 e. The Morgan fingerprint density at radius 2 is 2.00 bits per heavy atom. The summed E-state index contributed by atoms with van der Waals surface area (Å²) in [5, 5.41) is 3.90. The third-order valence-electron chi connectivity index (χ3n) is 2.55. The maximum atomic E-state index is 11.5. The van der Waals surface area contributed by atoms with Crippen molar-refractivity contribution >= 4 is 27.5 Å². The van der Waals surface area contributed by atoms with Crippen LogP contribution in [0.4, 0.5) is 5.69 Å². The second-order valence-electron chi connectivity index (χ2n) is 3.90. The van der Waals surface area contributed by atoms with Crippen LogP contribution >= 0.6 is 15.9 Å². The minimum Gasteiger partial charge on any atom is -0.326 e. The molecule has 3 heteroatoms. The Hall–Kier alpha value is -0.830. The molecule has 2 rings (SSSR count). The highest BCUT2D eigenvalue weighted by Gasteiger charge is 2.29. The zero-order chi connectivity index (χ0) is 10.7. The first kappa shape index (κ1) is 10.7. The number of rotatable bonds is 4. The lowest BCUT2D eigenvalue weighted by Gasteiger charge is -2.04. The number of nitrogens with one attached hydrogen (secondary N) is 1. The predicted octanol–water partition coefficient (Wildman–Crippen LogP) is 2.97. The molecule has 15 heavy (non-hydrogen) atoms. The topological polar surface area (TPSA) is 29.1 Å². The van der Waals surface area contributed by atoms with Crippen LogP contribution in [-0.2, 0) is 11.2 Å². The molecule has 1 fully saturated rings. The van der Waals surface area contributed by atoms with Gasteiger partial charge in [0.05, 0.1) is 0 Å². The normalized spacial score (nSPS) is 15.0. The van der Waals surface area contributed by atoms with E-state index in [1.807, 2.05) is 12.1 Å². The molecule has 1 amide bonds. The molecule has 2 nitrogen and oxygen atoms in total. The molecule has 0 aliphatic heterocycles. The molecule has 80 valence electrons. The van der Waals surface area contributed by atoms with Gasteiger partial charge in [0.15, 0.2) is 0 Å². The van der Waals surface area contributed by atoms with E-state index in [0.29, 0.717) is 0 Å². The summed E-state index contributed by atoms with van der Waals surface area (Å²) < 4.78 is 0. The molecular formula is C12H14BrNO. The van der Waals surface area contributed by atoms with Crippen molar-refractivity contribution in [2.24, 2.45) is 5.92 Å². The number of halogens is 1. The minimum absolute atomic E-state index is 0.170. The van der Waals surface area contributed by atoms with Crippen molar-refractivity contribution in [1.82, 2.24) is 0 Å². The van der Waals surface area contributed by atoms with Crippen molar-refractivity contribution < 1.29 is 4.79 Å². The maximum absolute atomic E-state index is 11.5. The van der Waals surface area contributed by atoms with Crippen LogP contribution in [0.2, 0.25) is 0 Å². The van der Waals surface area contributed by atoms with E-state index in [1.165, 1.54) is 5.56 Å². The third-order valence-corrected chi connectivity index (χ3v) is 2.95. The average Bonchev–Trinajstić information content (AvgIpc) is 3.04. The van der Waals surface area contributed by atoms with E-state index < -0.39 is 0 Å². The van der Waals surface area contributed by atoms with Gasteiger partial charge in [-0.15, -0.1) is 0 Å². The van der Waals surface area contributed by atoms with Gasteiger partial charge >= 0.3 is 0 Å². The van der Waals surface area contributed by atoms with Crippen molar-refractivity contribution in [1.29, 1.82) is 0 Å². The second-order valence-corrected chi connectivity index (χ2v) is 4.69. The van der Waals surface area contributed by atoms with Crippen molar-refractivity contribution in [2.45, 2.75) is 19.3 Å². The summed E-state index contributed by atoms with van der Waals surface area (Å²) in [5.74, 6) is 0.440. The van der Waals surface area contributed by atoms with Gasteiger partial charge in [0.1, 0.15) is 0 Å². The highest BCUT2D eigenvalue weighted by atomic mass is 79.9. The van der Waals surface area contributed by atoms with Crippen LogP contribution in [0, 0.1) is 5.92 Å². The lowest BCUT2D eigenvalue weighted by molar-refractivity contribution is -0.117. The fourth-order valence-corrected chi connectivity index (χ4v) is 1.91. The zero-order valence-corrected chi connectivity index (χ0v) is 10.1. The molecule has 1 aliphatic rings. The molecule has 0 spiro atoms. The molecule has 0 aromatic heterocycles. The van der Waals surface area contributed by atoms with E-state index in [-0.39, 0.29) is 11.8 Å². The van der Waals surface area contributed by atoms with Crippen molar-refractivity contribution in [2.75, 3.05) is 10.6 Å². The first-order valence-electron chi connectivity index (χ1n) is 5.25. The van der Waals surface area contributed by atoms with Gasteiger partial charge in [-0.2, -0.15) is 0 Å². The first-order valence-corrected chi connectivity index (χ1v) is 6.37. The van der Waals surface area contributed by atoms with Gasteiger partial charge in [-0.25, -0.2) is 0 Å². The van der Waals surface area contributed by atoms with Crippen LogP contribution in [0.25, 0.3) is 0 Å². The van der Waals surface area contributed by atoms with Gasteiger partial charge < -0.3 is 5.32 Å². The maximum Gasteiger partial charge on any atom is 0.227 e. The summed E-state index contributed by atoms with van der Waals surface area (Å²) in [5.41, 5.74) is 2.20. The fourth-order valence-electron chi connectivity index (χ4n) is 1.45. The molecule has 1 aliphatic carbocycles. The molecule has 0 bridgehead atoms. The molecule has 1 saturated carbocycles. The van der Waals surface area contributed by atoms with Crippen molar-refractivity contribution in [3.8, 4) is 0 Å². The fraction of sp³-hybridized carbons (Fsp3) is 0.417. The second kappa shape index (κ2) is 4.79. The number of benzene rings is 1. The highest BCUT2D eigenvalue weighted by molar-refractivity contribution is 9.09. The van der Waals surface area contributed by atoms with E-state index in [2.05, 4.69) is 33.4 Å². The van der Waals surface area contributed by atoms with Gasteiger partial charge in [0.2, 0.25) is 5.91 Å². The lowest BCUT2D eigenvalue weighted by Crippen LogP contribution is -2.13. The van der Waals surface area contributed by atoms with Crippen LogP contribution in [0.5, 0.6) is 0 Å². The van der Waals surface area contributed by atoms with Gasteiger partial charge in [0.25, 0.3) is 0 Å². The Bertz CT molecular complexity index is 343. The molecule has 1 aromatic carbocycles. The van der Waals surface area contributed by atoms with Crippen LogP contribution < -0.4 is 5.32 Å². The number of alkyl halides is 1. The monoisotopic (exact) mass is 267 g/mol. The zero-order valence-electron chi connectivity index (χ0n) is 8.50. The van der Waals surface area contributed by atoms with Crippen LogP contribution in [0.15, 0.2) is 24.3 Å². The number of hydrogen-bond donors (Lipinski definition) is 1. The third kappa shape index (κ3) is 3.06. The van der Waals surface area contributed by atoms with Crippen LogP contribution in [-0.4, -0.2) is 11.2 Å². The number of carbonyl (C=O) groups excluding carboxylic acids is 1. The molecule has 0 heterocycles. The summed E-state index contributed by atoms with van der Waals surface area (Å²) in [6.45, 7) is 0. The summed E-state index contributed by atoms with van der Waals surface area (Å²) in [4.78, 5) is 11.5. The standard InChI is InChI=1S/C12H14BrNO/c13-8-7-9-1-5-11(6-2-9)14-12(15)10-3-4-10/h1-2,5-6,10H,3-4,7-8H2,(H,14,15). The van der Waals surface area contributed by atoms with E-state index in [1.54, 1.807) is 0 Å². The molecule has 0 unspecified atom stereocenters. The quantitative estimate of drug-likeness (QED) is 0.836. The molecule has 1 N–H and O–H groups in total. The highest BCUT2D eigenvalue weighted by Crippen LogP contribution is 2.30. The average molecular weight is 268 g/mol. The Morgan fingerprint density at radius 3 is 2.53 bits per heavy atom. The molecule has 1 aromatic rings. The van der Waals surface area contributed by atoms with Gasteiger partial charge in [0, 0.05) is 16.9 Å². The van der Waals surface area contributed by atoms with E-state index in [0.717, 1.165) is 30.3 Å². The van der Waals surface area contributed by atoms with Gasteiger partial charge in [-0.3, -0.25) is 4.79 Å². The number of hydrogen-bond acceptors (Lipinski definition) is 1. The van der Waals surface area contributed by atoms with E-state index in [9.17, 15) is 4.79 Å². The van der Waals surface area contributed by atoms with Gasteiger partial charge in [-0.05, 0) is 37.0 Å². The van der Waals surface area contributed by atoms with Crippen molar-refractivity contribution in [3.63, 3.8) is 0 Å². The number of aryl methyl sites for hydroxylation is 1. The molecular weight excluding hydrogens is 254 g/mol. The molecule has 0 saturated heterocycles. The summed E-state index contributed by atoms with van der Waals surface area (Å²) >= 11 is 3.40. The SMILES string of the molecule is O=C(Nc1ccc(CCBr)cc1)C1CC1. The Balaban J connectivity index is 1.94.